The Morgan fingerprint density at radius 2 is 1.77 bits per heavy atom. The summed E-state index contributed by atoms with van der Waals surface area (Å²) < 4.78 is 25.9. The molecular weight excluding hydrogens is 351 g/mol. The molecule has 0 saturated carbocycles. The number of amides is 1. The molecule has 1 aromatic carbocycles. The van der Waals surface area contributed by atoms with Crippen LogP contribution in [-0.2, 0) is 9.16 Å². The molecule has 1 rings (SSSR count). The fraction of sp³-hybridized carbons (Fsp3) is 0.632. The van der Waals surface area contributed by atoms with Gasteiger partial charge in [0.1, 0.15) is 11.4 Å². The minimum atomic E-state index is -1.97. The first-order valence-electron chi connectivity index (χ1n) is 8.83. The van der Waals surface area contributed by atoms with Gasteiger partial charge in [-0.15, -0.1) is 0 Å². The maximum atomic E-state index is 14.4. The molecule has 148 valence electrons. The summed E-state index contributed by atoms with van der Waals surface area (Å²) in [5, 5.41) is 0.0518. The summed E-state index contributed by atoms with van der Waals surface area (Å²) in [5.41, 5.74) is 5.37. The van der Waals surface area contributed by atoms with Crippen LogP contribution in [0.15, 0.2) is 18.2 Å². The monoisotopic (exact) mass is 384 g/mol. The Morgan fingerprint density at radius 3 is 2.23 bits per heavy atom. The summed E-state index contributed by atoms with van der Waals surface area (Å²) in [4.78, 5) is 13.9. The Bertz CT molecular complexity index is 637. The average Bonchev–Trinajstić information content (AvgIpc) is 2.41. The third kappa shape index (κ3) is 6.28. The molecule has 1 aromatic rings. The molecule has 0 aliphatic rings. The maximum absolute atomic E-state index is 14.4. The fourth-order valence-corrected chi connectivity index (χ4v) is 3.01. The zero-order valence-corrected chi connectivity index (χ0v) is 18.3. The van der Waals surface area contributed by atoms with E-state index < -0.39 is 25.8 Å². The van der Waals surface area contributed by atoms with Crippen LogP contribution in [0, 0.1) is 5.82 Å². The quantitative estimate of drug-likeness (QED) is 0.562. The van der Waals surface area contributed by atoms with Crippen LogP contribution in [-0.4, -0.2) is 33.2 Å². The van der Waals surface area contributed by atoms with Gasteiger partial charge in [-0.3, -0.25) is 4.90 Å². The van der Waals surface area contributed by atoms with Gasteiger partial charge in [-0.25, -0.2) is 9.18 Å². The molecule has 0 saturated heterocycles. The van der Waals surface area contributed by atoms with Crippen molar-refractivity contribution in [3.8, 4) is 0 Å². The lowest BCUT2D eigenvalue weighted by Gasteiger charge is -2.37. The summed E-state index contributed by atoms with van der Waals surface area (Å²) in [6.45, 7) is 16.5. The molecule has 0 radical (unpaired) electrons. The van der Waals surface area contributed by atoms with Gasteiger partial charge >= 0.3 is 6.09 Å². The molecule has 0 bridgehead atoms. The van der Waals surface area contributed by atoms with Crippen LogP contribution in [0.25, 0.3) is 0 Å². The summed E-state index contributed by atoms with van der Waals surface area (Å²) in [6, 6.07) is 4.24. The predicted molar refractivity (Wildman–Crippen MR) is 108 cm³/mol. The molecule has 7 heteroatoms. The van der Waals surface area contributed by atoms with Crippen molar-refractivity contribution in [2.45, 2.75) is 65.3 Å². The molecule has 0 aliphatic carbocycles. The van der Waals surface area contributed by atoms with Crippen LogP contribution in [0.4, 0.5) is 20.6 Å². The Labute approximate surface area is 157 Å². The van der Waals surface area contributed by atoms with Crippen LogP contribution >= 0.6 is 0 Å². The number of nitrogens with zero attached hydrogens (tertiary/aromatic N) is 1. The van der Waals surface area contributed by atoms with Gasteiger partial charge in [-0.1, -0.05) is 20.8 Å². The van der Waals surface area contributed by atoms with E-state index in [0.717, 1.165) is 0 Å². The molecule has 2 N–H and O–H groups in total. The number of carbonyl (C=O) groups is 1. The van der Waals surface area contributed by atoms with Crippen molar-refractivity contribution in [2.24, 2.45) is 0 Å². The van der Waals surface area contributed by atoms with E-state index in [-0.39, 0.29) is 17.3 Å². The smallest absolute Gasteiger partial charge is 0.414 e. The van der Waals surface area contributed by atoms with Gasteiger partial charge in [0.25, 0.3) is 0 Å². The number of benzene rings is 1. The Kier molecular flexibility index (Phi) is 6.87. The highest BCUT2D eigenvalue weighted by molar-refractivity contribution is 6.74. The van der Waals surface area contributed by atoms with Crippen molar-refractivity contribution in [1.82, 2.24) is 0 Å². The van der Waals surface area contributed by atoms with Crippen LogP contribution < -0.4 is 10.6 Å². The summed E-state index contributed by atoms with van der Waals surface area (Å²) in [6.07, 6.45) is -0.611. The normalized spacial score (nSPS) is 12.8. The predicted octanol–water partition coefficient (Wildman–Crippen LogP) is 5.17. The lowest BCUT2D eigenvalue weighted by molar-refractivity contribution is 0.0573. The molecule has 0 heterocycles. The summed E-state index contributed by atoms with van der Waals surface area (Å²) in [7, 11) is -1.97. The van der Waals surface area contributed by atoms with Gasteiger partial charge in [-0.05, 0) is 57.1 Å². The Hall–Kier alpha value is -1.60. The van der Waals surface area contributed by atoms with E-state index in [4.69, 9.17) is 14.9 Å². The highest BCUT2D eigenvalue weighted by Crippen LogP contribution is 2.36. The molecule has 0 aromatic heterocycles. The number of halogens is 1. The van der Waals surface area contributed by atoms with Crippen molar-refractivity contribution in [2.75, 3.05) is 23.8 Å². The van der Waals surface area contributed by atoms with Crippen LogP contribution in [0.5, 0.6) is 0 Å². The summed E-state index contributed by atoms with van der Waals surface area (Å²) >= 11 is 0. The minimum Gasteiger partial charge on any atom is -0.443 e. The molecule has 0 unspecified atom stereocenters. The largest absolute Gasteiger partial charge is 0.443 e. The SMILES string of the molecule is CC(C)(C)OC(=O)N(CCO[Si](C)(C)C(C)(C)C)c1ccc(N)cc1F. The van der Waals surface area contributed by atoms with Gasteiger partial charge in [0, 0.05) is 5.69 Å². The number of ether oxygens (including phenoxy) is 1. The topological polar surface area (TPSA) is 64.8 Å². The molecule has 5 nitrogen and oxygen atoms in total. The van der Waals surface area contributed by atoms with E-state index in [1.807, 2.05) is 0 Å². The van der Waals surface area contributed by atoms with Crippen molar-refractivity contribution in [1.29, 1.82) is 0 Å². The van der Waals surface area contributed by atoms with Crippen molar-refractivity contribution in [3.05, 3.63) is 24.0 Å². The number of rotatable bonds is 5. The number of anilines is 2. The number of nitrogens with two attached hydrogens (primary N) is 1. The first kappa shape index (κ1) is 22.4. The van der Waals surface area contributed by atoms with E-state index in [1.165, 1.54) is 17.0 Å². The van der Waals surface area contributed by atoms with Crippen molar-refractivity contribution in [3.63, 3.8) is 0 Å². The molecule has 0 atom stereocenters. The van der Waals surface area contributed by atoms with Gasteiger partial charge in [0.05, 0.1) is 18.8 Å². The second-order valence-corrected chi connectivity index (χ2v) is 13.8. The van der Waals surface area contributed by atoms with E-state index in [2.05, 4.69) is 33.9 Å². The Morgan fingerprint density at radius 1 is 1.19 bits per heavy atom. The van der Waals surface area contributed by atoms with E-state index in [9.17, 15) is 9.18 Å². The van der Waals surface area contributed by atoms with Gasteiger partial charge < -0.3 is 14.9 Å². The van der Waals surface area contributed by atoms with Gasteiger partial charge in [0.15, 0.2) is 8.32 Å². The van der Waals surface area contributed by atoms with Crippen LogP contribution in [0.1, 0.15) is 41.5 Å². The molecule has 26 heavy (non-hydrogen) atoms. The molecule has 0 spiro atoms. The highest BCUT2D eigenvalue weighted by atomic mass is 28.4. The fourth-order valence-electron chi connectivity index (χ4n) is 1.98. The van der Waals surface area contributed by atoms with Crippen LogP contribution in [0.2, 0.25) is 18.1 Å². The molecule has 0 aliphatic heterocycles. The maximum Gasteiger partial charge on any atom is 0.414 e. The first-order chi connectivity index (χ1) is 11.6. The Balaban J connectivity index is 3.00. The average molecular weight is 385 g/mol. The van der Waals surface area contributed by atoms with Crippen molar-refractivity contribution < 1.29 is 18.3 Å². The van der Waals surface area contributed by atoms with Crippen LogP contribution in [0.3, 0.4) is 0 Å². The van der Waals surface area contributed by atoms with E-state index in [1.54, 1.807) is 26.8 Å². The standard InChI is InChI=1S/C19H33FN2O3Si/c1-18(2,3)25-17(23)22(16-10-9-14(21)13-15(16)20)11-12-24-26(7,8)19(4,5)6/h9-10,13H,11-12,21H2,1-8H3. The lowest BCUT2D eigenvalue weighted by atomic mass is 10.2. The lowest BCUT2D eigenvalue weighted by Crippen LogP contribution is -2.44. The second kappa shape index (κ2) is 7.96. The highest BCUT2D eigenvalue weighted by Gasteiger charge is 2.37. The number of hydrogen-bond acceptors (Lipinski definition) is 4. The first-order valence-corrected chi connectivity index (χ1v) is 11.7. The third-order valence-corrected chi connectivity index (χ3v) is 9.00. The number of carbonyl (C=O) groups excluding carboxylic acids is 1. The second-order valence-electron chi connectivity index (χ2n) is 8.95. The van der Waals surface area contributed by atoms with E-state index >= 15 is 0 Å². The van der Waals surface area contributed by atoms with Gasteiger partial charge in [-0.2, -0.15) is 0 Å². The van der Waals surface area contributed by atoms with Crippen molar-refractivity contribution >= 4 is 25.8 Å². The number of nitrogen functional groups attached to an aromatic ring is 1. The van der Waals surface area contributed by atoms with E-state index in [0.29, 0.717) is 12.3 Å². The molecular formula is C19H33FN2O3Si. The zero-order valence-electron chi connectivity index (χ0n) is 17.3. The minimum absolute atomic E-state index is 0.0518. The van der Waals surface area contributed by atoms with Gasteiger partial charge in [0.2, 0.25) is 0 Å². The molecule has 1 amide bonds. The zero-order chi connectivity index (χ0) is 20.3. The third-order valence-electron chi connectivity index (χ3n) is 4.46. The summed E-state index contributed by atoms with van der Waals surface area (Å²) in [5.74, 6) is -0.566. The number of hydrogen-bond donors (Lipinski definition) is 1. The molecule has 0 fully saturated rings.